The van der Waals surface area contributed by atoms with Gasteiger partial charge in [-0.05, 0) is 25.0 Å². The first kappa shape index (κ1) is 11.6. The van der Waals surface area contributed by atoms with E-state index in [2.05, 4.69) is 32.2 Å². The lowest BCUT2D eigenvalue weighted by Gasteiger charge is -2.21. The maximum Gasteiger partial charge on any atom is 0.101 e. The van der Waals surface area contributed by atoms with Crippen LogP contribution < -0.4 is 5.32 Å². The molecule has 0 aliphatic carbocycles. The third-order valence-electron chi connectivity index (χ3n) is 2.93. The van der Waals surface area contributed by atoms with Gasteiger partial charge in [0.1, 0.15) is 6.07 Å². The highest BCUT2D eigenvalue weighted by Crippen LogP contribution is 2.18. The maximum atomic E-state index is 8.94. The van der Waals surface area contributed by atoms with Crippen LogP contribution in [0.15, 0.2) is 24.3 Å². The molecule has 1 aromatic carbocycles. The SMILES string of the molecule is CCC(C)C(C)Nc1ccccc1C#N. The fraction of sp³-hybridized carbons (Fsp3) is 0.462. The van der Waals surface area contributed by atoms with E-state index in [0.717, 1.165) is 12.1 Å². The van der Waals surface area contributed by atoms with Gasteiger partial charge in [-0.2, -0.15) is 5.26 Å². The van der Waals surface area contributed by atoms with E-state index >= 15 is 0 Å². The van der Waals surface area contributed by atoms with Crippen LogP contribution in [0.2, 0.25) is 0 Å². The van der Waals surface area contributed by atoms with Gasteiger partial charge in [0, 0.05) is 6.04 Å². The van der Waals surface area contributed by atoms with Crippen molar-refractivity contribution in [2.24, 2.45) is 5.92 Å². The molecule has 0 amide bonds. The molecule has 0 saturated carbocycles. The molecule has 0 aromatic heterocycles. The van der Waals surface area contributed by atoms with Crippen molar-refractivity contribution in [1.82, 2.24) is 0 Å². The molecule has 1 N–H and O–H groups in total. The van der Waals surface area contributed by atoms with Crippen molar-refractivity contribution in [1.29, 1.82) is 5.26 Å². The molecule has 1 rings (SSSR count). The first-order valence-corrected chi connectivity index (χ1v) is 5.44. The molecule has 2 unspecified atom stereocenters. The van der Waals surface area contributed by atoms with E-state index in [1.54, 1.807) is 0 Å². The van der Waals surface area contributed by atoms with Gasteiger partial charge in [-0.25, -0.2) is 0 Å². The Hall–Kier alpha value is -1.49. The van der Waals surface area contributed by atoms with Crippen molar-refractivity contribution in [3.63, 3.8) is 0 Å². The van der Waals surface area contributed by atoms with Gasteiger partial charge in [0.2, 0.25) is 0 Å². The quantitative estimate of drug-likeness (QED) is 0.812. The molecule has 0 bridgehead atoms. The van der Waals surface area contributed by atoms with Gasteiger partial charge >= 0.3 is 0 Å². The molecule has 2 atom stereocenters. The zero-order valence-electron chi connectivity index (χ0n) is 9.62. The molecular formula is C13H18N2. The molecule has 0 radical (unpaired) electrons. The van der Waals surface area contributed by atoms with Crippen molar-refractivity contribution >= 4 is 5.69 Å². The van der Waals surface area contributed by atoms with Crippen LogP contribution in [0.5, 0.6) is 0 Å². The lowest BCUT2D eigenvalue weighted by Crippen LogP contribution is -2.23. The molecule has 0 fully saturated rings. The first-order chi connectivity index (χ1) is 7.19. The van der Waals surface area contributed by atoms with Crippen LogP contribution in [0.3, 0.4) is 0 Å². The second kappa shape index (κ2) is 5.41. The monoisotopic (exact) mass is 202 g/mol. The number of anilines is 1. The molecule has 0 aliphatic heterocycles. The minimum Gasteiger partial charge on any atom is -0.381 e. The van der Waals surface area contributed by atoms with Crippen LogP contribution in [-0.2, 0) is 0 Å². The lowest BCUT2D eigenvalue weighted by atomic mass is 10.0. The Morgan fingerprint density at radius 2 is 2.00 bits per heavy atom. The number of hydrogen-bond acceptors (Lipinski definition) is 2. The molecule has 0 aliphatic rings. The van der Waals surface area contributed by atoms with Gasteiger partial charge in [0.25, 0.3) is 0 Å². The standard InChI is InChI=1S/C13H18N2/c1-4-10(2)11(3)15-13-8-6-5-7-12(13)9-14/h5-8,10-11,15H,4H2,1-3H3. The smallest absolute Gasteiger partial charge is 0.101 e. The van der Waals surface area contributed by atoms with Crippen molar-refractivity contribution in [3.05, 3.63) is 29.8 Å². The minimum atomic E-state index is 0.393. The second-order valence-electron chi connectivity index (χ2n) is 3.98. The zero-order chi connectivity index (χ0) is 11.3. The Morgan fingerprint density at radius 3 is 2.60 bits per heavy atom. The van der Waals surface area contributed by atoms with E-state index in [4.69, 9.17) is 5.26 Å². The van der Waals surface area contributed by atoms with Crippen LogP contribution >= 0.6 is 0 Å². The highest BCUT2D eigenvalue weighted by atomic mass is 14.9. The van der Waals surface area contributed by atoms with E-state index in [-0.39, 0.29) is 0 Å². The highest BCUT2D eigenvalue weighted by Gasteiger charge is 2.11. The molecule has 80 valence electrons. The largest absolute Gasteiger partial charge is 0.381 e. The van der Waals surface area contributed by atoms with Gasteiger partial charge in [-0.15, -0.1) is 0 Å². The third kappa shape index (κ3) is 2.99. The Labute approximate surface area is 91.9 Å². The number of benzene rings is 1. The Bertz CT molecular complexity index is 352. The first-order valence-electron chi connectivity index (χ1n) is 5.44. The molecule has 1 aromatic rings. The number of hydrogen-bond donors (Lipinski definition) is 1. The lowest BCUT2D eigenvalue weighted by molar-refractivity contribution is 0.494. The summed E-state index contributed by atoms with van der Waals surface area (Å²) < 4.78 is 0. The normalized spacial score (nSPS) is 14.0. The molecule has 2 nitrogen and oxygen atoms in total. The molecule has 0 saturated heterocycles. The summed E-state index contributed by atoms with van der Waals surface area (Å²) >= 11 is 0. The summed E-state index contributed by atoms with van der Waals surface area (Å²) in [6.07, 6.45) is 1.14. The summed E-state index contributed by atoms with van der Waals surface area (Å²) in [6.45, 7) is 6.55. The van der Waals surface area contributed by atoms with Crippen LogP contribution in [0.4, 0.5) is 5.69 Å². The number of nitriles is 1. The third-order valence-corrected chi connectivity index (χ3v) is 2.93. The van der Waals surface area contributed by atoms with Gasteiger partial charge < -0.3 is 5.32 Å². The predicted octanol–water partition coefficient (Wildman–Crippen LogP) is 3.40. The number of para-hydroxylation sites is 1. The Balaban J connectivity index is 2.77. The van der Waals surface area contributed by atoms with E-state index in [1.165, 1.54) is 0 Å². The molecule has 2 heteroatoms. The van der Waals surface area contributed by atoms with Crippen LogP contribution in [0, 0.1) is 17.2 Å². The maximum absolute atomic E-state index is 8.94. The topological polar surface area (TPSA) is 35.8 Å². The molecule has 0 spiro atoms. The van der Waals surface area contributed by atoms with Crippen molar-refractivity contribution in [3.8, 4) is 6.07 Å². The van der Waals surface area contributed by atoms with Crippen molar-refractivity contribution in [2.45, 2.75) is 33.2 Å². The summed E-state index contributed by atoms with van der Waals surface area (Å²) in [6, 6.07) is 10.2. The average Bonchev–Trinajstić information content (AvgIpc) is 2.28. The second-order valence-corrected chi connectivity index (χ2v) is 3.98. The van der Waals surface area contributed by atoms with Gasteiger partial charge in [0.05, 0.1) is 11.3 Å². The van der Waals surface area contributed by atoms with Crippen molar-refractivity contribution < 1.29 is 0 Å². The van der Waals surface area contributed by atoms with E-state index in [9.17, 15) is 0 Å². The van der Waals surface area contributed by atoms with E-state index in [0.29, 0.717) is 17.5 Å². The zero-order valence-corrected chi connectivity index (χ0v) is 9.62. The Kier molecular flexibility index (Phi) is 4.17. The fourth-order valence-electron chi connectivity index (χ4n) is 1.45. The van der Waals surface area contributed by atoms with Gasteiger partial charge in [-0.3, -0.25) is 0 Å². The van der Waals surface area contributed by atoms with E-state index < -0.39 is 0 Å². The number of rotatable bonds is 4. The summed E-state index contributed by atoms with van der Waals surface area (Å²) in [7, 11) is 0. The summed E-state index contributed by atoms with van der Waals surface area (Å²) in [5, 5.41) is 12.3. The molecular weight excluding hydrogens is 184 g/mol. The molecule has 15 heavy (non-hydrogen) atoms. The van der Waals surface area contributed by atoms with E-state index in [1.807, 2.05) is 24.3 Å². The van der Waals surface area contributed by atoms with Gasteiger partial charge in [0.15, 0.2) is 0 Å². The van der Waals surface area contributed by atoms with Crippen LogP contribution in [0.25, 0.3) is 0 Å². The minimum absolute atomic E-state index is 0.393. The fourth-order valence-corrected chi connectivity index (χ4v) is 1.45. The molecule has 0 heterocycles. The summed E-state index contributed by atoms with van der Waals surface area (Å²) in [4.78, 5) is 0. The van der Waals surface area contributed by atoms with Crippen LogP contribution in [0.1, 0.15) is 32.8 Å². The summed E-state index contributed by atoms with van der Waals surface area (Å²) in [5.74, 6) is 0.608. The van der Waals surface area contributed by atoms with Gasteiger partial charge in [-0.1, -0.05) is 32.4 Å². The highest BCUT2D eigenvalue weighted by molar-refractivity contribution is 5.57. The number of nitrogens with zero attached hydrogens (tertiary/aromatic N) is 1. The number of nitrogens with one attached hydrogen (secondary N) is 1. The average molecular weight is 202 g/mol. The van der Waals surface area contributed by atoms with Crippen LogP contribution in [-0.4, -0.2) is 6.04 Å². The predicted molar refractivity (Wildman–Crippen MR) is 63.7 cm³/mol. The Morgan fingerprint density at radius 1 is 1.33 bits per heavy atom. The van der Waals surface area contributed by atoms with Crippen molar-refractivity contribution in [2.75, 3.05) is 5.32 Å². The summed E-state index contributed by atoms with van der Waals surface area (Å²) in [5.41, 5.74) is 1.65.